The summed E-state index contributed by atoms with van der Waals surface area (Å²) in [6.45, 7) is 0. The molecule has 0 unspecified atom stereocenters. The second-order valence-corrected chi connectivity index (χ2v) is 6.29. The zero-order valence-electron chi connectivity index (χ0n) is 12.0. The maximum absolute atomic E-state index is 12.6. The fourth-order valence-electron chi connectivity index (χ4n) is 2.56. The van der Waals surface area contributed by atoms with E-state index in [2.05, 4.69) is 26.4 Å². The molecule has 0 fully saturated rings. The standard InChI is InChI=1S/C15H14N6OS/c16-10-5-2-1-4-9(10)13-17-14(22)15(21-19-13)8-11(18-20-15)12-6-3-7-23-12/h1-7,20-21H,8,16H2,(H,17,19,22)/t15-/m1/s1. The maximum atomic E-state index is 12.6. The Kier molecular flexibility index (Phi) is 3.05. The molecule has 1 aromatic heterocycles. The van der Waals surface area contributed by atoms with Crippen LogP contribution in [0.1, 0.15) is 16.9 Å². The molecule has 2 aliphatic heterocycles. The van der Waals surface area contributed by atoms with Gasteiger partial charge in [0.2, 0.25) is 5.66 Å². The van der Waals surface area contributed by atoms with Crippen LogP contribution in [0, 0.1) is 0 Å². The first kappa shape index (κ1) is 13.8. The normalized spacial score (nSPS) is 22.9. The summed E-state index contributed by atoms with van der Waals surface area (Å²) in [4.78, 5) is 13.6. The van der Waals surface area contributed by atoms with Crippen molar-refractivity contribution < 1.29 is 4.79 Å². The molecule has 4 rings (SSSR count). The minimum atomic E-state index is -1.05. The van der Waals surface area contributed by atoms with E-state index in [-0.39, 0.29) is 5.91 Å². The Balaban J connectivity index is 1.59. The van der Waals surface area contributed by atoms with Crippen molar-refractivity contribution in [2.24, 2.45) is 10.2 Å². The molecule has 23 heavy (non-hydrogen) atoms. The van der Waals surface area contributed by atoms with E-state index in [1.54, 1.807) is 17.4 Å². The second-order valence-electron chi connectivity index (χ2n) is 5.34. The molecule has 0 saturated heterocycles. The van der Waals surface area contributed by atoms with Gasteiger partial charge in [-0.15, -0.1) is 11.3 Å². The lowest BCUT2D eigenvalue weighted by Gasteiger charge is -2.31. The number of nitrogens with two attached hydrogens (primary N) is 1. The first-order valence-corrected chi connectivity index (χ1v) is 7.95. The fraction of sp³-hybridized carbons (Fsp3) is 0.133. The second kappa shape index (κ2) is 5.10. The van der Waals surface area contributed by atoms with Gasteiger partial charge in [0.25, 0.3) is 5.91 Å². The number of carbonyl (C=O) groups is 1. The van der Waals surface area contributed by atoms with E-state index < -0.39 is 5.66 Å². The quantitative estimate of drug-likeness (QED) is 0.613. The molecule has 0 saturated carbocycles. The average Bonchev–Trinajstić information content (AvgIpc) is 3.21. The van der Waals surface area contributed by atoms with Gasteiger partial charge in [-0.1, -0.05) is 18.2 Å². The first-order valence-electron chi connectivity index (χ1n) is 7.07. The summed E-state index contributed by atoms with van der Waals surface area (Å²) < 4.78 is 0. The molecule has 1 spiro atoms. The van der Waals surface area contributed by atoms with E-state index in [0.717, 1.165) is 10.6 Å². The first-order chi connectivity index (χ1) is 11.2. The van der Waals surface area contributed by atoms with Crippen LogP contribution in [0.25, 0.3) is 0 Å². The van der Waals surface area contributed by atoms with Crippen molar-refractivity contribution in [3.63, 3.8) is 0 Å². The molecule has 0 radical (unpaired) electrons. The molecule has 3 heterocycles. The summed E-state index contributed by atoms with van der Waals surface area (Å²) in [5, 5.41) is 13.4. The number of para-hydroxylation sites is 1. The van der Waals surface area contributed by atoms with Crippen molar-refractivity contribution in [1.82, 2.24) is 16.2 Å². The lowest BCUT2D eigenvalue weighted by molar-refractivity contribution is -0.127. The summed E-state index contributed by atoms with van der Waals surface area (Å²) in [6, 6.07) is 11.2. The molecule has 8 heteroatoms. The van der Waals surface area contributed by atoms with E-state index in [4.69, 9.17) is 5.73 Å². The zero-order chi connectivity index (χ0) is 15.9. The van der Waals surface area contributed by atoms with Gasteiger partial charge in [0.05, 0.1) is 10.6 Å². The third-order valence-electron chi connectivity index (χ3n) is 3.81. The summed E-state index contributed by atoms with van der Waals surface area (Å²) in [5.74, 6) is 0.172. The van der Waals surface area contributed by atoms with E-state index in [9.17, 15) is 4.79 Å². The number of hydrogen-bond donors (Lipinski definition) is 4. The largest absolute Gasteiger partial charge is 0.398 e. The van der Waals surface area contributed by atoms with E-state index in [0.29, 0.717) is 23.5 Å². The Morgan fingerprint density at radius 3 is 2.70 bits per heavy atom. The summed E-state index contributed by atoms with van der Waals surface area (Å²) in [7, 11) is 0. The monoisotopic (exact) mass is 326 g/mol. The van der Waals surface area contributed by atoms with Crippen LogP contribution >= 0.6 is 11.3 Å². The molecular formula is C15H14N6OS. The van der Waals surface area contributed by atoms with Crippen molar-refractivity contribution in [3.05, 3.63) is 52.2 Å². The van der Waals surface area contributed by atoms with Crippen LogP contribution in [-0.4, -0.2) is 23.1 Å². The molecule has 0 bridgehead atoms. The van der Waals surface area contributed by atoms with Gasteiger partial charge in [0.1, 0.15) is 0 Å². The highest BCUT2D eigenvalue weighted by molar-refractivity contribution is 7.12. The number of nitrogen functional groups attached to an aromatic ring is 1. The smallest absolute Gasteiger partial charge is 0.275 e. The molecular weight excluding hydrogens is 312 g/mol. The molecule has 1 aromatic carbocycles. The summed E-state index contributed by atoms with van der Waals surface area (Å²) in [6.07, 6.45) is 0.417. The van der Waals surface area contributed by atoms with E-state index in [1.807, 2.05) is 35.7 Å². The number of amides is 1. The van der Waals surface area contributed by atoms with Crippen molar-refractivity contribution >= 4 is 34.5 Å². The number of rotatable bonds is 2. The number of amidine groups is 1. The highest BCUT2D eigenvalue weighted by atomic mass is 32.1. The minimum absolute atomic E-state index is 0.235. The number of hydrazone groups is 2. The number of carbonyl (C=O) groups excluding carboxylic acids is 1. The summed E-state index contributed by atoms with van der Waals surface area (Å²) in [5.41, 5.74) is 12.7. The predicted molar refractivity (Wildman–Crippen MR) is 90.0 cm³/mol. The number of benzene rings is 1. The molecule has 7 nitrogen and oxygen atoms in total. The van der Waals surface area contributed by atoms with Crippen LogP contribution < -0.4 is 21.9 Å². The van der Waals surface area contributed by atoms with Gasteiger partial charge in [-0.3, -0.25) is 15.6 Å². The maximum Gasteiger partial charge on any atom is 0.275 e. The molecule has 2 aromatic rings. The zero-order valence-corrected chi connectivity index (χ0v) is 12.9. The molecule has 1 atom stereocenters. The molecule has 2 aliphatic rings. The van der Waals surface area contributed by atoms with Gasteiger partial charge >= 0.3 is 0 Å². The van der Waals surface area contributed by atoms with Gasteiger partial charge in [-0.2, -0.15) is 10.2 Å². The van der Waals surface area contributed by atoms with E-state index >= 15 is 0 Å². The number of nitrogens with one attached hydrogen (secondary N) is 3. The van der Waals surface area contributed by atoms with Crippen LogP contribution in [0.4, 0.5) is 5.69 Å². The van der Waals surface area contributed by atoms with Crippen LogP contribution in [-0.2, 0) is 4.79 Å². The van der Waals surface area contributed by atoms with Crippen molar-refractivity contribution in [2.75, 3.05) is 5.73 Å². The van der Waals surface area contributed by atoms with E-state index in [1.165, 1.54) is 0 Å². The number of nitrogens with zero attached hydrogens (tertiary/aromatic N) is 2. The molecule has 5 N–H and O–H groups in total. The third-order valence-corrected chi connectivity index (χ3v) is 4.73. The Morgan fingerprint density at radius 1 is 1.13 bits per heavy atom. The Hall–Kier alpha value is -2.87. The third kappa shape index (κ3) is 2.23. The lowest BCUT2D eigenvalue weighted by Crippen LogP contribution is -2.65. The van der Waals surface area contributed by atoms with Crippen LogP contribution in [0.5, 0.6) is 0 Å². The van der Waals surface area contributed by atoms with Crippen LogP contribution in [0.3, 0.4) is 0 Å². The molecule has 1 amide bonds. The average molecular weight is 326 g/mol. The fourth-order valence-corrected chi connectivity index (χ4v) is 3.27. The van der Waals surface area contributed by atoms with Crippen molar-refractivity contribution in [1.29, 1.82) is 0 Å². The highest BCUT2D eigenvalue weighted by Crippen LogP contribution is 2.24. The Labute approximate surface area is 136 Å². The molecule has 116 valence electrons. The Bertz CT molecular complexity index is 828. The van der Waals surface area contributed by atoms with Crippen LogP contribution in [0.2, 0.25) is 0 Å². The van der Waals surface area contributed by atoms with Gasteiger partial charge < -0.3 is 11.1 Å². The van der Waals surface area contributed by atoms with Crippen LogP contribution in [0.15, 0.2) is 52.0 Å². The van der Waals surface area contributed by atoms with Gasteiger partial charge in [-0.25, -0.2) is 0 Å². The van der Waals surface area contributed by atoms with Crippen molar-refractivity contribution in [2.45, 2.75) is 12.1 Å². The van der Waals surface area contributed by atoms with Crippen molar-refractivity contribution in [3.8, 4) is 0 Å². The Morgan fingerprint density at radius 2 is 1.96 bits per heavy atom. The number of hydrogen-bond acceptors (Lipinski definition) is 7. The summed E-state index contributed by atoms with van der Waals surface area (Å²) >= 11 is 1.59. The SMILES string of the molecule is Nc1ccccc1C1=NN[C@]2(CC(c3cccs3)=NN2)C(=O)N1. The van der Waals surface area contributed by atoms with Gasteiger partial charge in [0, 0.05) is 17.7 Å². The van der Waals surface area contributed by atoms with Gasteiger partial charge in [-0.05, 0) is 23.6 Å². The lowest BCUT2D eigenvalue weighted by atomic mass is 10.0. The van der Waals surface area contributed by atoms with Gasteiger partial charge in [0.15, 0.2) is 5.84 Å². The number of anilines is 1. The highest BCUT2D eigenvalue weighted by Gasteiger charge is 2.46. The molecule has 0 aliphatic carbocycles. The topological polar surface area (TPSA) is 104 Å². The minimum Gasteiger partial charge on any atom is -0.398 e. The predicted octanol–water partition coefficient (Wildman–Crippen LogP) is 0.805. The number of thiophene rings is 1.